The summed E-state index contributed by atoms with van der Waals surface area (Å²) < 4.78 is 5.49. The van der Waals surface area contributed by atoms with E-state index in [1.54, 1.807) is 0 Å². The first kappa shape index (κ1) is 23.5. The Bertz CT molecular complexity index is 585. The lowest BCUT2D eigenvalue weighted by Crippen LogP contribution is -2.52. The molecule has 1 fully saturated rings. The van der Waals surface area contributed by atoms with Crippen LogP contribution in [0.5, 0.6) is 0 Å². The zero-order valence-electron chi connectivity index (χ0n) is 19.3. The molecule has 0 bridgehead atoms. The number of likely N-dealkylation sites (tertiary alicyclic amines) is 1. The Labute approximate surface area is 176 Å². The van der Waals surface area contributed by atoms with Crippen LogP contribution in [0.1, 0.15) is 60.8 Å². The molecule has 2 aliphatic heterocycles. The predicted octanol–water partition coefficient (Wildman–Crippen LogP) is 2.98. The normalized spacial score (nSPS) is 21.0. The molecule has 0 aromatic rings. The van der Waals surface area contributed by atoms with Gasteiger partial charge in [0, 0.05) is 38.8 Å². The molecule has 2 aliphatic rings. The number of ether oxygens (including phenoxy) is 1. The molecule has 0 aromatic heterocycles. The first-order chi connectivity index (χ1) is 13.7. The Morgan fingerprint density at radius 3 is 2.38 bits per heavy atom. The van der Waals surface area contributed by atoms with E-state index in [1.165, 1.54) is 0 Å². The number of hydrogen-bond donors (Lipinski definition) is 2. The summed E-state index contributed by atoms with van der Waals surface area (Å²) in [5.74, 6) is 0.944. The molecule has 166 valence electrons. The number of rotatable bonds is 7. The molecule has 0 radical (unpaired) electrons. The van der Waals surface area contributed by atoms with Crippen LogP contribution in [-0.2, 0) is 4.74 Å². The summed E-state index contributed by atoms with van der Waals surface area (Å²) >= 11 is 0. The minimum Gasteiger partial charge on any atom is -0.444 e. The third kappa shape index (κ3) is 6.91. The molecule has 0 spiro atoms. The smallest absolute Gasteiger partial charge is 0.408 e. The quantitative estimate of drug-likeness (QED) is 0.386. The highest BCUT2D eigenvalue weighted by Crippen LogP contribution is 2.20. The molecule has 29 heavy (non-hydrogen) atoms. The van der Waals surface area contributed by atoms with Gasteiger partial charge >= 0.3 is 6.09 Å². The summed E-state index contributed by atoms with van der Waals surface area (Å²) in [5.41, 5.74) is -0.911. The largest absolute Gasteiger partial charge is 0.444 e. The number of carbonyl (C=O) groups excluding carboxylic acids is 1. The van der Waals surface area contributed by atoms with Crippen molar-refractivity contribution in [3.05, 3.63) is 12.2 Å². The van der Waals surface area contributed by atoms with Crippen molar-refractivity contribution in [1.29, 1.82) is 0 Å². The number of amides is 1. The summed E-state index contributed by atoms with van der Waals surface area (Å²) in [5, 5.41) is 6.54. The molecule has 1 amide bonds. The van der Waals surface area contributed by atoms with Crippen molar-refractivity contribution < 1.29 is 9.53 Å². The van der Waals surface area contributed by atoms with E-state index >= 15 is 0 Å². The van der Waals surface area contributed by atoms with Gasteiger partial charge in [0.1, 0.15) is 5.60 Å². The van der Waals surface area contributed by atoms with Crippen LogP contribution in [0.3, 0.4) is 0 Å². The van der Waals surface area contributed by atoms with Crippen molar-refractivity contribution in [3.8, 4) is 0 Å². The number of nitrogens with one attached hydrogen (secondary N) is 2. The number of aliphatic imine (C=N–C) groups is 1. The van der Waals surface area contributed by atoms with Crippen molar-refractivity contribution in [2.75, 3.05) is 39.3 Å². The van der Waals surface area contributed by atoms with Gasteiger partial charge in [0.05, 0.1) is 12.1 Å². The van der Waals surface area contributed by atoms with E-state index in [0.29, 0.717) is 12.6 Å². The number of alkyl carbamates (subject to hydrolysis) is 1. The second-order valence-corrected chi connectivity index (χ2v) is 9.10. The SMILES string of the molecule is CCNC(=NCC(CC)(CC)NC(=O)OC(C)(C)C)N1CCC(N2CC=CC2)C1. The third-order valence-corrected chi connectivity index (χ3v) is 5.81. The zero-order chi connectivity index (χ0) is 21.5. The number of guanidine groups is 1. The third-order valence-electron chi connectivity index (χ3n) is 5.81. The van der Waals surface area contributed by atoms with Gasteiger partial charge in [-0.05, 0) is 47.0 Å². The maximum Gasteiger partial charge on any atom is 0.408 e. The van der Waals surface area contributed by atoms with E-state index in [1.807, 2.05) is 20.8 Å². The predicted molar refractivity (Wildman–Crippen MR) is 119 cm³/mol. The molecule has 1 atom stereocenters. The molecule has 2 heterocycles. The molecule has 0 saturated carbocycles. The van der Waals surface area contributed by atoms with Gasteiger partial charge in [0.15, 0.2) is 5.96 Å². The van der Waals surface area contributed by atoms with Crippen LogP contribution < -0.4 is 10.6 Å². The van der Waals surface area contributed by atoms with Crippen LogP contribution >= 0.6 is 0 Å². The summed E-state index contributed by atoms with van der Waals surface area (Å²) in [6.07, 6.45) is 6.89. The number of carbonyl (C=O) groups is 1. The first-order valence-corrected chi connectivity index (χ1v) is 11.2. The highest BCUT2D eigenvalue weighted by atomic mass is 16.6. The molecule has 7 nitrogen and oxygen atoms in total. The van der Waals surface area contributed by atoms with Gasteiger partial charge in [-0.1, -0.05) is 26.0 Å². The standard InChI is InChI=1S/C22H41N5O2/c1-7-22(8-2,25-20(28)29-21(4,5)6)17-24-19(23-9-3)27-15-12-18(16-27)26-13-10-11-14-26/h10-11,18H,7-9,12-17H2,1-6H3,(H,23,24)(H,25,28). The van der Waals surface area contributed by atoms with Gasteiger partial charge in [-0.25, -0.2) is 4.79 Å². The van der Waals surface area contributed by atoms with Gasteiger partial charge < -0.3 is 20.3 Å². The van der Waals surface area contributed by atoms with Gasteiger partial charge in [-0.3, -0.25) is 9.89 Å². The van der Waals surface area contributed by atoms with E-state index in [4.69, 9.17) is 9.73 Å². The highest BCUT2D eigenvalue weighted by molar-refractivity contribution is 5.80. The lowest BCUT2D eigenvalue weighted by molar-refractivity contribution is 0.0451. The van der Waals surface area contributed by atoms with Crippen LogP contribution in [0, 0.1) is 0 Å². The van der Waals surface area contributed by atoms with Crippen LogP contribution in [0.15, 0.2) is 17.1 Å². The van der Waals surface area contributed by atoms with E-state index in [-0.39, 0.29) is 6.09 Å². The fourth-order valence-electron chi connectivity index (χ4n) is 3.89. The van der Waals surface area contributed by atoms with Crippen LogP contribution in [-0.4, -0.2) is 78.3 Å². The van der Waals surface area contributed by atoms with Crippen LogP contribution in [0.2, 0.25) is 0 Å². The van der Waals surface area contributed by atoms with Gasteiger partial charge in [-0.2, -0.15) is 0 Å². The Hall–Kier alpha value is -1.76. The van der Waals surface area contributed by atoms with E-state index in [9.17, 15) is 4.79 Å². The maximum atomic E-state index is 12.4. The molecule has 2 rings (SSSR count). The summed E-state index contributed by atoms with van der Waals surface area (Å²) in [4.78, 5) is 22.2. The Kier molecular flexibility index (Phi) is 8.37. The molecule has 7 heteroatoms. The average molecular weight is 408 g/mol. The lowest BCUT2D eigenvalue weighted by atomic mass is 9.93. The topological polar surface area (TPSA) is 69.2 Å². The second kappa shape index (κ2) is 10.3. The maximum absolute atomic E-state index is 12.4. The van der Waals surface area contributed by atoms with Crippen molar-refractivity contribution >= 4 is 12.1 Å². The van der Waals surface area contributed by atoms with Gasteiger partial charge in [0.25, 0.3) is 0 Å². The molecular formula is C22H41N5O2. The Balaban J connectivity index is 2.04. The number of hydrogen-bond acceptors (Lipinski definition) is 4. The van der Waals surface area contributed by atoms with E-state index < -0.39 is 11.1 Å². The van der Waals surface area contributed by atoms with E-state index in [0.717, 1.165) is 57.9 Å². The average Bonchev–Trinajstić information content (AvgIpc) is 3.33. The monoisotopic (exact) mass is 407 g/mol. The fraction of sp³-hybridized carbons (Fsp3) is 0.818. The van der Waals surface area contributed by atoms with Crippen LogP contribution in [0.4, 0.5) is 4.79 Å². The molecule has 1 unspecified atom stereocenters. The second-order valence-electron chi connectivity index (χ2n) is 9.10. The van der Waals surface area contributed by atoms with Crippen molar-refractivity contribution in [1.82, 2.24) is 20.4 Å². The molecule has 1 saturated heterocycles. The van der Waals surface area contributed by atoms with Gasteiger partial charge in [0.2, 0.25) is 0 Å². The summed E-state index contributed by atoms with van der Waals surface area (Å²) in [6.45, 7) is 17.4. The van der Waals surface area contributed by atoms with Gasteiger partial charge in [-0.15, -0.1) is 0 Å². The molecule has 2 N–H and O–H groups in total. The first-order valence-electron chi connectivity index (χ1n) is 11.2. The molecule has 0 aromatic carbocycles. The Morgan fingerprint density at radius 2 is 1.83 bits per heavy atom. The zero-order valence-corrected chi connectivity index (χ0v) is 19.3. The summed E-state index contributed by atoms with van der Waals surface area (Å²) in [7, 11) is 0. The Morgan fingerprint density at radius 1 is 1.17 bits per heavy atom. The fourth-order valence-corrected chi connectivity index (χ4v) is 3.89. The number of nitrogens with zero attached hydrogens (tertiary/aromatic N) is 3. The minimum atomic E-state index is -0.509. The van der Waals surface area contributed by atoms with Crippen molar-refractivity contribution in [2.24, 2.45) is 4.99 Å². The van der Waals surface area contributed by atoms with Crippen molar-refractivity contribution in [2.45, 2.75) is 78.0 Å². The summed E-state index contributed by atoms with van der Waals surface area (Å²) in [6, 6.07) is 0.579. The minimum absolute atomic E-state index is 0.371. The van der Waals surface area contributed by atoms with Crippen molar-refractivity contribution in [3.63, 3.8) is 0 Å². The van der Waals surface area contributed by atoms with E-state index in [2.05, 4.69) is 53.4 Å². The molecule has 0 aliphatic carbocycles. The highest BCUT2D eigenvalue weighted by Gasteiger charge is 2.32. The van der Waals surface area contributed by atoms with Crippen LogP contribution in [0.25, 0.3) is 0 Å². The lowest BCUT2D eigenvalue weighted by Gasteiger charge is -2.33. The molecular weight excluding hydrogens is 366 g/mol.